The minimum atomic E-state index is -4.07. The van der Waals surface area contributed by atoms with Crippen molar-refractivity contribution in [2.45, 2.75) is 61.5 Å². The van der Waals surface area contributed by atoms with Crippen LogP contribution in [-0.2, 0) is 40.8 Å². The third kappa shape index (κ3) is 10.1. The molecule has 5 N–H and O–H groups in total. The van der Waals surface area contributed by atoms with Gasteiger partial charge in [0.1, 0.15) is 15.9 Å². The predicted molar refractivity (Wildman–Crippen MR) is 221 cm³/mol. The molecule has 2 aromatic heterocycles. The molecule has 0 unspecified atom stereocenters. The van der Waals surface area contributed by atoms with Crippen LogP contribution in [-0.4, -0.2) is 85.3 Å². The van der Waals surface area contributed by atoms with Gasteiger partial charge in [-0.05, 0) is 78.8 Å². The molecule has 1 fully saturated rings. The van der Waals surface area contributed by atoms with E-state index in [-0.39, 0.29) is 33.9 Å². The molecule has 0 amide bonds. The topological polar surface area (TPSA) is 262 Å². The summed E-state index contributed by atoms with van der Waals surface area (Å²) in [5.74, 6) is -0.138. The summed E-state index contributed by atoms with van der Waals surface area (Å²) in [4.78, 5) is 29.3. The quantitative estimate of drug-likeness (QED) is 0.0914. The van der Waals surface area contributed by atoms with Gasteiger partial charge in [-0.1, -0.05) is 72.6 Å². The molecule has 0 radical (unpaired) electrons. The zero-order valence-electron chi connectivity index (χ0n) is 32.5. The van der Waals surface area contributed by atoms with Gasteiger partial charge in [0.15, 0.2) is 0 Å². The van der Waals surface area contributed by atoms with Crippen molar-refractivity contribution in [1.82, 2.24) is 34.9 Å². The zero-order valence-corrected chi connectivity index (χ0v) is 34.9. The maximum absolute atomic E-state index is 13.2. The monoisotopic (exact) mass is 893 g/mol. The van der Waals surface area contributed by atoms with Crippen LogP contribution in [0.2, 0.25) is 5.02 Å². The Morgan fingerprint density at radius 1 is 0.967 bits per heavy atom. The van der Waals surface area contributed by atoms with Crippen molar-refractivity contribution in [1.29, 1.82) is 0 Å². The number of tetrazole rings is 1. The number of nitrogens with zero attached hydrogens (tertiary/aromatic N) is 5. The lowest BCUT2D eigenvalue weighted by Crippen LogP contribution is -2.34. The van der Waals surface area contributed by atoms with E-state index in [4.69, 9.17) is 35.7 Å². The first-order valence-electron chi connectivity index (χ1n) is 19.0. The van der Waals surface area contributed by atoms with Crippen LogP contribution in [0.25, 0.3) is 33.5 Å². The molecule has 6 aromatic rings. The number of hydrogen-bond acceptors (Lipinski definition) is 15. The van der Waals surface area contributed by atoms with E-state index in [1.807, 2.05) is 60.0 Å². The Morgan fingerprint density at radius 3 is 2.43 bits per heavy atom. The Morgan fingerprint density at radius 2 is 1.72 bits per heavy atom. The van der Waals surface area contributed by atoms with Crippen LogP contribution >= 0.6 is 11.6 Å². The minimum Gasteiger partial charge on any atom is -0.465 e. The Kier molecular flexibility index (Phi) is 13.1. The van der Waals surface area contributed by atoms with E-state index in [1.54, 1.807) is 18.2 Å². The molecule has 0 saturated heterocycles. The van der Waals surface area contributed by atoms with Gasteiger partial charge < -0.3 is 24.3 Å². The molecule has 22 heteroatoms. The number of hydrogen-bond donors (Lipinski definition) is 4. The molecule has 0 spiro atoms. The van der Waals surface area contributed by atoms with Gasteiger partial charge in [0.25, 0.3) is 6.01 Å². The Bertz CT molecular complexity index is 2760. The average Bonchev–Trinajstić information content (AvgIpc) is 3.90. The fraction of sp³-hybridized carbons (Fsp3) is 0.282. The normalized spacial score (nSPS) is 14.8. The van der Waals surface area contributed by atoms with Crippen LogP contribution < -0.4 is 19.9 Å². The van der Waals surface area contributed by atoms with Crippen molar-refractivity contribution in [3.8, 4) is 28.5 Å². The summed E-state index contributed by atoms with van der Waals surface area (Å²) in [5, 5.41) is 22.0. The number of fused-ring (bicyclic) bond motifs is 2. The molecule has 61 heavy (non-hydrogen) atoms. The summed E-state index contributed by atoms with van der Waals surface area (Å²) in [5.41, 5.74) is 5.42. The molecule has 1 aliphatic carbocycles. The number of H-pyrrole nitrogens is 1. The third-order valence-electron chi connectivity index (χ3n) is 9.70. The molecule has 0 atom stereocenters. The van der Waals surface area contributed by atoms with Gasteiger partial charge in [0, 0.05) is 5.56 Å². The summed E-state index contributed by atoms with van der Waals surface area (Å²) in [7, 11) is -7.80. The van der Waals surface area contributed by atoms with Gasteiger partial charge >= 0.3 is 12.1 Å². The van der Waals surface area contributed by atoms with Gasteiger partial charge in [-0.15, -0.1) is 10.2 Å². The zero-order chi connectivity index (χ0) is 43.1. The maximum Gasteiger partial charge on any atom is 0.511 e. The number of primary sulfonamides is 1. The summed E-state index contributed by atoms with van der Waals surface area (Å²) >= 11 is 5.72. The smallest absolute Gasteiger partial charge is 0.465 e. The van der Waals surface area contributed by atoms with E-state index in [0.717, 1.165) is 60.4 Å². The molecule has 19 nitrogen and oxygen atoms in total. The van der Waals surface area contributed by atoms with Crippen LogP contribution in [0.4, 0.5) is 10.5 Å². The van der Waals surface area contributed by atoms with E-state index < -0.39 is 43.9 Å². The lowest BCUT2D eigenvalue weighted by molar-refractivity contribution is -0.0429. The molecule has 3 heterocycles. The summed E-state index contributed by atoms with van der Waals surface area (Å²) in [6, 6.07) is 23.6. The molecule has 1 aliphatic heterocycles. The molecular formula is C39H40ClN9O10S2. The number of ether oxygens (including phenoxy) is 4. The number of carbonyl (C=O) groups is 2. The van der Waals surface area contributed by atoms with Crippen molar-refractivity contribution in [2.75, 3.05) is 25.4 Å². The molecule has 0 bridgehead atoms. The van der Waals surface area contributed by atoms with Crippen LogP contribution in [0.15, 0.2) is 88.7 Å². The fourth-order valence-corrected chi connectivity index (χ4v) is 9.16. The van der Waals surface area contributed by atoms with E-state index in [2.05, 4.69) is 35.6 Å². The molecule has 4 aromatic carbocycles. The number of benzene rings is 4. The predicted octanol–water partition coefficient (Wildman–Crippen LogP) is 5.58. The van der Waals surface area contributed by atoms with E-state index in [1.165, 1.54) is 6.07 Å². The molecular weight excluding hydrogens is 854 g/mol. The number of anilines is 1. The van der Waals surface area contributed by atoms with Gasteiger partial charge in [0.05, 0.1) is 47.1 Å². The SMILES string of the molecule is CCOc1nc2cccc(C(=O)OCOC(=O)OC3CCCCC3)c2n1Cc1ccc(-c2ccccc2-c2nn[nH]n2)cc1.NS(=O)(=O)c1cc2c(cc1Cl)NCNS2(=O)=O. The van der Waals surface area contributed by atoms with Crippen molar-refractivity contribution in [3.05, 3.63) is 95.0 Å². The van der Waals surface area contributed by atoms with Crippen LogP contribution in [0.1, 0.15) is 54.9 Å². The van der Waals surface area contributed by atoms with Crippen molar-refractivity contribution in [3.63, 3.8) is 0 Å². The summed E-state index contributed by atoms with van der Waals surface area (Å²) < 4.78 is 71.3. The number of esters is 1. The van der Waals surface area contributed by atoms with Crippen LogP contribution in [0, 0.1) is 0 Å². The first-order valence-corrected chi connectivity index (χ1v) is 22.4. The number of aromatic amines is 1. The van der Waals surface area contributed by atoms with Crippen LogP contribution in [0.3, 0.4) is 0 Å². The minimum absolute atomic E-state index is 0.0143. The number of sulfonamides is 2. The van der Waals surface area contributed by atoms with Gasteiger partial charge in [0.2, 0.25) is 32.7 Å². The number of para-hydroxylation sites is 1. The Hall–Kier alpha value is -6.13. The highest BCUT2D eigenvalue weighted by Gasteiger charge is 2.27. The van der Waals surface area contributed by atoms with Crippen molar-refractivity contribution in [2.24, 2.45) is 5.14 Å². The average molecular weight is 894 g/mol. The number of aromatic nitrogens is 6. The lowest BCUT2D eigenvalue weighted by atomic mass is 9.98. The summed E-state index contributed by atoms with van der Waals surface area (Å²) in [6.07, 6.45) is 3.83. The first-order chi connectivity index (χ1) is 29.3. The molecule has 1 saturated carbocycles. The van der Waals surface area contributed by atoms with Crippen molar-refractivity contribution < 1.29 is 45.4 Å². The molecule has 320 valence electrons. The molecule has 8 rings (SSSR count). The number of rotatable bonds is 11. The van der Waals surface area contributed by atoms with Crippen molar-refractivity contribution >= 4 is 60.5 Å². The second-order valence-electron chi connectivity index (χ2n) is 13.7. The van der Waals surface area contributed by atoms with E-state index in [9.17, 15) is 26.4 Å². The maximum atomic E-state index is 13.2. The number of nitrogens with two attached hydrogens (primary N) is 1. The third-order valence-corrected chi connectivity index (χ3v) is 12.5. The first kappa shape index (κ1) is 43.0. The fourth-order valence-electron chi connectivity index (χ4n) is 6.87. The number of nitrogens with one attached hydrogen (secondary N) is 3. The largest absolute Gasteiger partial charge is 0.511 e. The van der Waals surface area contributed by atoms with Gasteiger partial charge in [-0.3, -0.25) is 4.57 Å². The highest BCUT2D eigenvalue weighted by molar-refractivity contribution is 7.90. The number of carbonyl (C=O) groups excluding carboxylic acids is 2. The second-order valence-corrected chi connectivity index (χ2v) is 17.4. The highest BCUT2D eigenvalue weighted by Crippen LogP contribution is 2.33. The summed E-state index contributed by atoms with van der Waals surface area (Å²) in [6.45, 7) is 2.11. The van der Waals surface area contributed by atoms with E-state index >= 15 is 0 Å². The Labute approximate surface area is 355 Å². The van der Waals surface area contributed by atoms with Gasteiger partial charge in [-0.25, -0.2) is 31.6 Å². The Balaban J connectivity index is 0.000000276. The molecule has 2 aliphatic rings. The van der Waals surface area contributed by atoms with E-state index in [0.29, 0.717) is 36.0 Å². The number of imidazole rings is 1. The lowest BCUT2D eigenvalue weighted by Gasteiger charge is -2.21. The van der Waals surface area contributed by atoms with Gasteiger partial charge in [-0.2, -0.15) is 14.9 Å². The number of halogens is 1. The highest BCUT2D eigenvalue weighted by atomic mass is 35.5. The standard InChI is InChI=1S/C32H32N6O6.C7H8ClN3O4S2/c1-2-41-31-33-27-14-8-13-26(30(39)42-20-43-32(40)44-23-9-4-3-5-10-23)28(27)38(31)19-21-15-17-22(18-16-21)24-11-6-7-12-25(24)29-34-36-37-35-29;8-4-1-5-7(2-6(4)16(9,12)13)17(14,15)11-3-10-5/h6-8,11-18,23H,2-5,9-10,19-20H2,1H3,(H,34,35,36,37);1-2,10-11H,3H2,(H2,9,12,13). The van der Waals surface area contributed by atoms with Crippen LogP contribution in [0.5, 0.6) is 6.01 Å². The second kappa shape index (κ2) is 18.6.